The number of H-pyrrole nitrogens is 2. The fourth-order valence-electron chi connectivity index (χ4n) is 8.12. The Bertz CT molecular complexity index is 2590. The predicted molar refractivity (Wildman–Crippen MR) is 262 cm³/mol. The highest BCUT2D eigenvalue weighted by Crippen LogP contribution is 2.20. The minimum atomic E-state index is -1.43. The quantitative estimate of drug-likeness (QED) is 0.0429. The zero-order chi connectivity index (χ0) is 50.5. The van der Waals surface area contributed by atoms with Gasteiger partial charge >= 0.3 is 0 Å². The molecule has 0 bridgehead atoms. The van der Waals surface area contributed by atoms with Gasteiger partial charge in [-0.3, -0.25) is 39.0 Å². The van der Waals surface area contributed by atoms with Gasteiger partial charge in [-0.2, -0.15) is 0 Å². The van der Waals surface area contributed by atoms with Crippen LogP contribution in [-0.2, 0) is 59.2 Å². The van der Waals surface area contributed by atoms with Gasteiger partial charge in [0.1, 0.15) is 36.0 Å². The van der Waals surface area contributed by atoms with Gasteiger partial charge in [-0.25, -0.2) is 9.37 Å². The number of halogens is 1. The maximum atomic E-state index is 14.6. The third kappa shape index (κ3) is 16.8. The number of fused-ring (bicyclic) bond motifs is 1. The number of nitrogens with two attached hydrogens (primary N) is 1. The molecule has 376 valence electrons. The third-order valence-corrected chi connectivity index (χ3v) is 12.0. The Morgan fingerprint density at radius 1 is 0.718 bits per heavy atom. The van der Waals surface area contributed by atoms with Gasteiger partial charge in [-0.15, -0.1) is 0 Å². The van der Waals surface area contributed by atoms with E-state index in [1.807, 2.05) is 54.6 Å². The highest BCUT2D eigenvalue weighted by molar-refractivity contribution is 5.97. The molecule has 13 N–H and O–H groups in total. The Kier molecular flexibility index (Phi) is 19.6. The van der Waals surface area contributed by atoms with Gasteiger partial charge in [0.25, 0.3) is 0 Å². The van der Waals surface area contributed by atoms with Gasteiger partial charge in [0.2, 0.25) is 41.4 Å². The Balaban J connectivity index is 1.31. The molecule has 6 rings (SSSR count). The summed E-state index contributed by atoms with van der Waals surface area (Å²) in [5.74, 6) is -5.33. The largest absolute Gasteiger partial charge is 0.370 e. The summed E-state index contributed by atoms with van der Waals surface area (Å²) in [6, 6.07) is 15.6. The van der Waals surface area contributed by atoms with Gasteiger partial charge in [0, 0.05) is 75.0 Å². The number of carbonyl (C=O) groups excluding carboxylic acids is 7. The molecule has 21 heteroatoms. The SMILES string of the molecule is N=C(N)NCCC[C@@H]1NC(=O)[C@@H](Cc2ccc(F)cc2)NC(=O)[C@H](Cc2c[nH]cn2)NC(=O)[C@@H](NC(=O)CCc2ccccc2)CCC(=O)NCCCCNC(=O)[C@H](Cc2c[nH]c3ccccc23)NC1=O. The number of aromatic nitrogens is 3. The number of para-hydroxylation sites is 1. The van der Waals surface area contributed by atoms with Crippen LogP contribution in [0.15, 0.2) is 97.6 Å². The Morgan fingerprint density at radius 2 is 1.37 bits per heavy atom. The maximum absolute atomic E-state index is 14.6. The monoisotopic (exact) mass is 975 g/mol. The second-order valence-electron chi connectivity index (χ2n) is 17.4. The molecule has 5 aromatic rings. The topological polar surface area (TPSA) is 310 Å². The van der Waals surface area contributed by atoms with Crippen LogP contribution in [0.4, 0.5) is 4.39 Å². The summed E-state index contributed by atoms with van der Waals surface area (Å²) in [7, 11) is 0. The van der Waals surface area contributed by atoms with Crippen LogP contribution >= 0.6 is 0 Å². The number of rotatable bonds is 14. The van der Waals surface area contributed by atoms with Crippen LogP contribution in [0.25, 0.3) is 10.9 Å². The average Bonchev–Trinajstić information content (AvgIpc) is 4.04. The third-order valence-electron chi connectivity index (χ3n) is 12.0. The summed E-state index contributed by atoms with van der Waals surface area (Å²) in [5.41, 5.74) is 8.81. The molecule has 0 saturated carbocycles. The van der Waals surface area contributed by atoms with E-state index in [0.29, 0.717) is 30.5 Å². The smallest absolute Gasteiger partial charge is 0.243 e. The molecule has 1 aliphatic rings. The molecule has 1 saturated heterocycles. The Hall–Kier alpha value is -8.10. The molecule has 3 aromatic carbocycles. The van der Waals surface area contributed by atoms with Crippen LogP contribution < -0.4 is 48.3 Å². The van der Waals surface area contributed by atoms with E-state index in [4.69, 9.17) is 11.1 Å². The number of benzene rings is 3. The number of hydrogen-bond acceptors (Lipinski definition) is 9. The summed E-state index contributed by atoms with van der Waals surface area (Å²) in [5, 5.41) is 30.7. The van der Waals surface area contributed by atoms with Crippen molar-refractivity contribution in [2.45, 2.75) is 101 Å². The number of aromatic amines is 2. The first kappa shape index (κ1) is 52.3. The second-order valence-corrected chi connectivity index (χ2v) is 17.4. The number of carbonyl (C=O) groups is 7. The zero-order valence-corrected chi connectivity index (χ0v) is 39.3. The lowest BCUT2D eigenvalue weighted by atomic mass is 10.0. The van der Waals surface area contributed by atoms with Crippen LogP contribution in [0.3, 0.4) is 0 Å². The highest BCUT2D eigenvalue weighted by atomic mass is 19.1. The van der Waals surface area contributed by atoms with Crippen molar-refractivity contribution in [1.82, 2.24) is 57.5 Å². The summed E-state index contributed by atoms with van der Waals surface area (Å²) in [6.45, 7) is 0.607. The number of imidazole rings is 1. The molecule has 3 heterocycles. The average molecular weight is 976 g/mol. The van der Waals surface area contributed by atoms with Crippen molar-refractivity contribution in [1.29, 1.82) is 5.41 Å². The summed E-state index contributed by atoms with van der Waals surface area (Å²) in [4.78, 5) is 109. The van der Waals surface area contributed by atoms with Crippen molar-refractivity contribution in [3.8, 4) is 0 Å². The normalized spacial score (nSPS) is 20.3. The molecule has 0 spiro atoms. The van der Waals surface area contributed by atoms with Crippen LogP contribution in [0.5, 0.6) is 0 Å². The lowest BCUT2D eigenvalue weighted by Gasteiger charge is -2.27. The van der Waals surface area contributed by atoms with E-state index in [9.17, 15) is 38.0 Å². The highest BCUT2D eigenvalue weighted by Gasteiger charge is 2.34. The van der Waals surface area contributed by atoms with Crippen molar-refractivity contribution in [3.63, 3.8) is 0 Å². The van der Waals surface area contributed by atoms with E-state index in [0.717, 1.165) is 22.0 Å². The lowest BCUT2D eigenvalue weighted by molar-refractivity contribution is -0.135. The first-order chi connectivity index (χ1) is 34.3. The number of amides is 7. The first-order valence-electron chi connectivity index (χ1n) is 23.8. The molecule has 7 amide bonds. The van der Waals surface area contributed by atoms with Crippen molar-refractivity contribution in [2.75, 3.05) is 19.6 Å². The molecule has 1 fully saturated rings. The summed E-state index contributed by atoms with van der Waals surface area (Å²) < 4.78 is 14.1. The predicted octanol–water partition coefficient (Wildman–Crippen LogP) is 1.18. The van der Waals surface area contributed by atoms with Gasteiger partial charge in [0.15, 0.2) is 5.96 Å². The maximum Gasteiger partial charge on any atom is 0.243 e. The zero-order valence-electron chi connectivity index (χ0n) is 39.3. The van der Waals surface area contributed by atoms with E-state index in [1.165, 1.54) is 36.8 Å². The Morgan fingerprint density at radius 3 is 2.08 bits per heavy atom. The number of hydrogen-bond donors (Lipinski definition) is 12. The van der Waals surface area contributed by atoms with Gasteiger partial charge < -0.3 is 58.2 Å². The van der Waals surface area contributed by atoms with Crippen molar-refractivity contribution in [3.05, 3.63) is 126 Å². The van der Waals surface area contributed by atoms with Gasteiger partial charge in [0.05, 0.1) is 12.0 Å². The molecule has 0 unspecified atom stereocenters. The van der Waals surface area contributed by atoms with E-state index >= 15 is 0 Å². The number of guanidine groups is 1. The van der Waals surface area contributed by atoms with Gasteiger partial charge in [-0.1, -0.05) is 60.7 Å². The minimum absolute atomic E-state index is 0.00148. The van der Waals surface area contributed by atoms with E-state index in [2.05, 4.69) is 57.5 Å². The van der Waals surface area contributed by atoms with E-state index < -0.39 is 77.4 Å². The summed E-state index contributed by atoms with van der Waals surface area (Å²) >= 11 is 0. The number of nitrogens with zero attached hydrogens (tertiary/aromatic N) is 1. The molecule has 0 aliphatic carbocycles. The van der Waals surface area contributed by atoms with Crippen LogP contribution in [0, 0.1) is 11.2 Å². The summed E-state index contributed by atoms with van der Waals surface area (Å²) in [6.07, 6.45) is 5.66. The number of nitrogens with one attached hydrogen (secondary N) is 11. The molecular weight excluding hydrogens is 914 g/mol. The van der Waals surface area contributed by atoms with Crippen molar-refractivity contribution < 1.29 is 38.0 Å². The Labute approximate surface area is 409 Å². The van der Waals surface area contributed by atoms with Crippen LogP contribution in [-0.4, -0.2) is 112 Å². The second kappa shape index (κ2) is 26.6. The molecule has 1 aliphatic heterocycles. The molecule has 20 nitrogen and oxygen atoms in total. The van der Waals surface area contributed by atoms with E-state index in [-0.39, 0.29) is 77.0 Å². The fourth-order valence-corrected chi connectivity index (χ4v) is 8.12. The van der Waals surface area contributed by atoms with Crippen LogP contribution in [0.2, 0.25) is 0 Å². The lowest BCUT2D eigenvalue weighted by Crippen LogP contribution is -2.60. The van der Waals surface area contributed by atoms with Gasteiger partial charge in [-0.05, 0) is 73.4 Å². The standard InChI is InChI=1S/C50H62FN13O7/c51-34-17-14-32(15-18-34)25-40-48(70)61-38(13-8-24-57-50(52)53)46(68)63-41(26-33-28-58-37-12-5-4-11-36(33)37)45(67)56-23-7-6-22-55-43(65)21-19-39(60-44(66)20-16-31-9-2-1-3-10-31)47(69)64-42(49(71)62-40)27-35-29-54-30-59-35/h1-5,9-12,14-15,17-18,28-30,38-42,58H,6-8,13,16,19-27H2,(H,54,59)(H,55,65)(H,56,67)(H,60,66)(H,61,70)(H,62,71)(H,63,68)(H,64,69)(H4,52,53,57)/t38-,39-,40+,41-,42-/m0/s1. The fraction of sp³-hybridized carbons (Fsp3) is 0.380. The van der Waals surface area contributed by atoms with Crippen molar-refractivity contribution >= 4 is 58.2 Å². The minimum Gasteiger partial charge on any atom is -0.370 e. The molecular formula is C50H62FN13O7. The first-order valence-corrected chi connectivity index (χ1v) is 23.8. The molecule has 5 atom stereocenters. The van der Waals surface area contributed by atoms with E-state index in [1.54, 1.807) is 6.20 Å². The molecule has 71 heavy (non-hydrogen) atoms. The van der Waals surface area contributed by atoms with Crippen LogP contribution in [0.1, 0.15) is 67.3 Å². The molecule has 0 radical (unpaired) electrons. The molecule has 2 aromatic heterocycles. The number of aryl methyl sites for hydroxylation is 1. The van der Waals surface area contributed by atoms with Crippen molar-refractivity contribution in [2.24, 2.45) is 5.73 Å².